The molecule has 0 aliphatic rings. The molecule has 0 aliphatic carbocycles. The fraction of sp³-hybridized carbons (Fsp3) is 0.0588. The SMILES string of the molecule is Oc1c(F)cccc1NCc1ccsc1Sc1ccc(Cl)cc1. The summed E-state index contributed by atoms with van der Waals surface area (Å²) in [4.78, 5) is 1.10. The molecule has 0 fully saturated rings. The van der Waals surface area contributed by atoms with Gasteiger partial charge in [-0.15, -0.1) is 11.3 Å². The molecule has 0 bridgehead atoms. The largest absolute Gasteiger partial charge is 0.503 e. The molecule has 0 amide bonds. The van der Waals surface area contributed by atoms with E-state index < -0.39 is 5.82 Å². The van der Waals surface area contributed by atoms with Crippen LogP contribution in [0.1, 0.15) is 5.56 Å². The van der Waals surface area contributed by atoms with Gasteiger partial charge in [0.1, 0.15) is 0 Å². The quantitative estimate of drug-likeness (QED) is 0.543. The van der Waals surface area contributed by atoms with Crippen LogP contribution in [0.5, 0.6) is 5.75 Å². The topological polar surface area (TPSA) is 32.3 Å². The number of thiophene rings is 1. The van der Waals surface area contributed by atoms with E-state index in [4.69, 9.17) is 11.6 Å². The lowest BCUT2D eigenvalue weighted by Crippen LogP contribution is -2.00. The van der Waals surface area contributed by atoms with Crippen molar-refractivity contribution in [2.45, 2.75) is 15.6 Å². The zero-order valence-corrected chi connectivity index (χ0v) is 14.3. The molecule has 0 saturated heterocycles. The van der Waals surface area contributed by atoms with Crippen LogP contribution in [-0.2, 0) is 6.54 Å². The monoisotopic (exact) mass is 365 g/mol. The van der Waals surface area contributed by atoms with Crippen molar-refractivity contribution < 1.29 is 9.50 Å². The van der Waals surface area contributed by atoms with Gasteiger partial charge in [-0.25, -0.2) is 4.39 Å². The van der Waals surface area contributed by atoms with Gasteiger partial charge in [0.25, 0.3) is 0 Å². The summed E-state index contributed by atoms with van der Waals surface area (Å²) in [5.74, 6) is -0.981. The lowest BCUT2D eigenvalue weighted by molar-refractivity contribution is 0.434. The van der Waals surface area contributed by atoms with E-state index in [1.807, 2.05) is 35.7 Å². The highest BCUT2D eigenvalue weighted by atomic mass is 35.5. The average molecular weight is 366 g/mol. The minimum absolute atomic E-state index is 0.352. The van der Waals surface area contributed by atoms with E-state index in [1.54, 1.807) is 35.2 Å². The number of hydrogen-bond donors (Lipinski definition) is 2. The van der Waals surface area contributed by atoms with E-state index in [0.29, 0.717) is 17.3 Å². The highest BCUT2D eigenvalue weighted by molar-refractivity contribution is 8.01. The summed E-state index contributed by atoms with van der Waals surface area (Å²) in [6.45, 7) is 0.510. The van der Waals surface area contributed by atoms with Crippen molar-refractivity contribution in [3.8, 4) is 5.75 Å². The first-order valence-electron chi connectivity index (χ1n) is 6.84. The van der Waals surface area contributed by atoms with Crippen LogP contribution >= 0.6 is 34.7 Å². The molecular weight excluding hydrogens is 353 g/mol. The van der Waals surface area contributed by atoms with E-state index in [0.717, 1.165) is 14.7 Å². The Morgan fingerprint density at radius 2 is 1.91 bits per heavy atom. The summed E-state index contributed by atoms with van der Waals surface area (Å²) in [5, 5.41) is 15.5. The normalized spacial score (nSPS) is 10.7. The minimum Gasteiger partial charge on any atom is -0.503 e. The molecule has 3 rings (SSSR count). The van der Waals surface area contributed by atoms with Crippen molar-refractivity contribution >= 4 is 40.4 Å². The predicted octanol–water partition coefficient (Wildman–Crippen LogP) is 6.01. The highest BCUT2D eigenvalue weighted by Crippen LogP contribution is 2.36. The molecule has 3 aromatic rings. The summed E-state index contributed by atoms with van der Waals surface area (Å²) in [5.41, 5.74) is 1.48. The second kappa shape index (κ2) is 7.25. The van der Waals surface area contributed by atoms with Gasteiger partial charge in [-0.05, 0) is 53.4 Å². The molecular formula is C17H13ClFNOS2. The molecule has 0 saturated carbocycles. The maximum atomic E-state index is 13.3. The van der Waals surface area contributed by atoms with E-state index in [1.165, 1.54) is 6.07 Å². The summed E-state index contributed by atoms with van der Waals surface area (Å²) in [6.07, 6.45) is 0. The Morgan fingerprint density at radius 1 is 1.13 bits per heavy atom. The van der Waals surface area contributed by atoms with Gasteiger partial charge in [-0.3, -0.25) is 0 Å². The Morgan fingerprint density at radius 3 is 2.70 bits per heavy atom. The summed E-state index contributed by atoms with van der Waals surface area (Å²) in [6, 6.07) is 14.1. The smallest absolute Gasteiger partial charge is 0.174 e. The summed E-state index contributed by atoms with van der Waals surface area (Å²) in [7, 11) is 0. The van der Waals surface area contributed by atoms with Gasteiger partial charge >= 0.3 is 0 Å². The molecule has 23 heavy (non-hydrogen) atoms. The lowest BCUT2D eigenvalue weighted by Gasteiger charge is -2.09. The van der Waals surface area contributed by atoms with Crippen LogP contribution in [0.4, 0.5) is 10.1 Å². The molecule has 0 radical (unpaired) electrons. The highest BCUT2D eigenvalue weighted by Gasteiger charge is 2.09. The molecule has 0 unspecified atom stereocenters. The maximum Gasteiger partial charge on any atom is 0.174 e. The van der Waals surface area contributed by atoms with Gasteiger partial charge in [0.05, 0.1) is 9.90 Å². The number of nitrogens with one attached hydrogen (secondary N) is 1. The Labute approximate surface area is 146 Å². The van der Waals surface area contributed by atoms with Crippen molar-refractivity contribution in [3.05, 3.63) is 70.3 Å². The number of aromatic hydroxyl groups is 1. The van der Waals surface area contributed by atoms with Crippen molar-refractivity contribution in [3.63, 3.8) is 0 Å². The number of para-hydroxylation sites is 1. The third-order valence-corrected chi connectivity index (χ3v) is 5.68. The number of phenolic OH excluding ortho intramolecular Hbond substituents is 1. The van der Waals surface area contributed by atoms with Crippen LogP contribution in [0.15, 0.2) is 63.0 Å². The van der Waals surface area contributed by atoms with E-state index >= 15 is 0 Å². The third kappa shape index (κ3) is 3.99. The Kier molecular flexibility index (Phi) is 5.10. The second-order valence-electron chi connectivity index (χ2n) is 4.78. The van der Waals surface area contributed by atoms with Gasteiger partial charge in [-0.1, -0.05) is 29.4 Å². The zero-order valence-electron chi connectivity index (χ0n) is 11.9. The molecule has 2 aromatic carbocycles. The van der Waals surface area contributed by atoms with Crippen LogP contribution in [0.3, 0.4) is 0 Å². The van der Waals surface area contributed by atoms with Crippen molar-refractivity contribution in [1.82, 2.24) is 0 Å². The first-order chi connectivity index (χ1) is 11.1. The summed E-state index contributed by atoms with van der Waals surface area (Å²) < 4.78 is 14.5. The van der Waals surface area contributed by atoms with Crippen molar-refractivity contribution in [1.29, 1.82) is 0 Å². The molecule has 1 heterocycles. The average Bonchev–Trinajstić information content (AvgIpc) is 2.98. The molecule has 1 aromatic heterocycles. The van der Waals surface area contributed by atoms with Crippen LogP contribution in [0.2, 0.25) is 5.02 Å². The Hall–Kier alpha value is -1.69. The standard InChI is InChI=1S/C17H13ClFNOS2/c18-12-4-6-13(7-5-12)23-17-11(8-9-22-17)10-20-15-3-1-2-14(19)16(15)21/h1-9,20-21H,10H2. The molecule has 2 nitrogen and oxygen atoms in total. The number of halogens is 2. The Balaban J connectivity index is 1.71. The van der Waals surface area contributed by atoms with Gasteiger partial charge in [0, 0.05) is 16.5 Å². The zero-order chi connectivity index (χ0) is 16.2. The first-order valence-corrected chi connectivity index (χ1v) is 8.92. The number of anilines is 1. The third-order valence-electron chi connectivity index (χ3n) is 3.19. The van der Waals surface area contributed by atoms with Crippen LogP contribution < -0.4 is 5.32 Å². The van der Waals surface area contributed by atoms with Crippen LogP contribution in [-0.4, -0.2) is 5.11 Å². The Bertz CT molecular complexity index is 805. The number of rotatable bonds is 5. The van der Waals surface area contributed by atoms with Gasteiger partial charge in [0.2, 0.25) is 0 Å². The molecule has 0 spiro atoms. The first kappa shape index (κ1) is 16.2. The second-order valence-corrected chi connectivity index (χ2v) is 7.47. The minimum atomic E-state index is -0.629. The van der Waals surface area contributed by atoms with Crippen molar-refractivity contribution in [2.24, 2.45) is 0 Å². The van der Waals surface area contributed by atoms with Crippen LogP contribution in [0.25, 0.3) is 0 Å². The van der Waals surface area contributed by atoms with E-state index in [9.17, 15) is 9.50 Å². The molecule has 118 valence electrons. The van der Waals surface area contributed by atoms with E-state index in [2.05, 4.69) is 5.32 Å². The maximum absolute atomic E-state index is 13.3. The predicted molar refractivity (Wildman–Crippen MR) is 95.3 cm³/mol. The van der Waals surface area contributed by atoms with Gasteiger partial charge in [-0.2, -0.15) is 0 Å². The lowest BCUT2D eigenvalue weighted by atomic mass is 10.2. The molecule has 6 heteroatoms. The molecule has 2 N–H and O–H groups in total. The molecule has 0 atom stereocenters. The van der Waals surface area contributed by atoms with Gasteiger partial charge < -0.3 is 10.4 Å². The molecule has 0 aliphatic heterocycles. The van der Waals surface area contributed by atoms with Crippen molar-refractivity contribution in [2.75, 3.05) is 5.32 Å². The fourth-order valence-electron chi connectivity index (χ4n) is 2.00. The van der Waals surface area contributed by atoms with E-state index in [-0.39, 0.29) is 5.75 Å². The summed E-state index contributed by atoms with van der Waals surface area (Å²) >= 11 is 9.20. The number of phenols is 1. The number of hydrogen-bond acceptors (Lipinski definition) is 4. The van der Waals surface area contributed by atoms with Gasteiger partial charge in [0.15, 0.2) is 11.6 Å². The number of benzene rings is 2. The van der Waals surface area contributed by atoms with Crippen LogP contribution in [0, 0.1) is 5.82 Å². The fourth-order valence-corrected chi connectivity index (χ4v) is 4.18.